The van der Waals surface area contributed by atoms with E-state index in [1.54, 1.807) is 6.21 Å². The second kappa shape index (κ2) is 8.88. The molecule has 32 heavy (non-hydrogen) atoms. The van der Waals surface area contributed by atoms with Gasteiger partial charge in [-0.2, -0.15) is 10.4 Å². The minimum absolute atomic E-state index is 0.0819. The quantitative estimate of drug-likeness (QED) is 0.448. The minimum atomic E-state index is -0.178. The van der Waals surface area contributed by atoms with E-state index in [0.717, 1.165) is 33.8 Å². The highest BCUT2D eigenvalue weighted by Gasteiger charge is 2.20. The molecule has 1 N–H and O–H groups in total. The van der Waals surface area contributed by atoms with Crippen molar-refractivity contribution in [1.29, 1.82) is 5.26 Å². The Bertz CT molecular complexity index is 1210. The summed E-state index contributed by atoms with van der Waals surface area (Å²) >= 11 is 0. The number of furan rings is 1. The summed E-state index contributed by atoms with van der Waals surface area (Å²) in [7, 11) is 0. The van der Waals surface area contributed by atoms with Crippen molar-refractivity contribution in [3.05, 3.63) is 75.3 Å². The molecule has 0 fully saturated rings. The molecule has 0 atom stereocenters. The minimum Gasteiger partial charge on any atom is -0.443 e. The number of amides is 1. The van der Waals surface area contributed by atoms with E-state index >= 15 is 0 Å². The second-order valence-electron chi connectivity index (χ2n) is 9.15. The number of benzene rings is 1. The number of carbonyl (C=O) groups excluding carboxylic acids is 1. The molecule has 1 aromatic carbocycles. The first-order valence-electron chi connectivity index (χ1n) is 10.6. The predicted molar refractivity (Wildman–Crippen MR) is 126 cm³/mol. The summed E-state index contributed by atoms with van der Waals surface area (Å²) in [6, 6.07) is 12.3. The van der Waals surface area contributed by atoms with E-state index in [-0.39, 0.29) is 17.7 Å². The van der Waals surface area contributed by atoms with Crippen LogP contribution in [0.3, 0.4) is 0 Å². The first-order chi connectivity index (χ1) is 15.0. The molecule has 0 aliphatic carbocycles. The van der Waals surface area contributed by atoms with Gasteiger partial charge in [0.15, 0.2) is 0 Å². The smallest absolute Gasteiger partial charge is 0.244 e. The van der Waals surface area contributed by atoms with Crippen molar-refractivity contribution in [3.8, 4) is 12.0 Å². The van der Waals surface area contributed by atoms with Gasteiger partial charge in [-0.1, -0.05) is 45.0 Å². The summed E-state index contributed by atoms with van der Waals surface area (Å²) in [6.45, 7) is 14.1. The van der Waals surface area contributed by atoms with Crippen molar-refractivity contribution in [3.63, 3.8) is 0 Å². The van der Waals surface area contributed by atoms with Crippen LogP contribution < -0.4 is 5.43 Å². The molecule has 0 saturated carbocycles. The van der Waals surface area contributed by atoms with Crippen LogP contribution in [0.25, 0.3) is 5.88 Å². The van der Waals surface area contributed by atoms with Crippen LogP contribution in [-0.2, 0) is 16.6 Å². The highest BCUT2D eigenvalue weighted by atomic mass is 16.4. The van der Waals surface area contributed by atoms with Gasteiger partial charge in [0.1, 0.15) is 17.4 Å². The molecule has 1 amide bonds. The molecule has 3 rings (SSSR count). The second-order valence-corrected chi connectivity index (χ2v) is 9.15. The van der Waals surface area contributed by atoms with Gasteiger partial charge in [-0.25, -0.2) is 5.43 Å². The van der Waals surface area contributed by atoms with Crippen LogP contribution >= 0.6 is 0 Å². The number of hydrogen-bond acceptors (Lipinski definition) is 4. The van der Waals surface area contributed by atoms with Crippen LogP contribution in [0.4, 0.5) is 0 Å². The van der Waals surface area contributed by atoms with Crippen LogP contribution in [0.5, 0.6) is 0 Å². The summed E-state index contributed by atoms with van der Waals surface area (Å²) in [5.41, 5.74) is 8.86. The highest BCUT2D eigenvalue weighted by molar-refractivity contribution is 5.84. The third-order valence-corrected chi connectivity index (χ3v) is 5.73. The number of hydrazone groups is 1. The molecule has 6 heteroatoms. The Hall–Kier alpha value is -3.59. The van der Waals surface area contributed by atoms with E-state index in [2.05, 4.69) is 49.5 Å². The van der Waals surface area contributed by atoms with Gasteiger partial charge in [-0.05, 0) is 50.3 Å². The zero-order valence-corrected chi connectivity index (χ0v) is 19.8. The van der Waals surface area contributed by atoms with Crippen LogP contribution in [0.1, 0.15) is 65.7 Å². The molecule has 0 saturated heterocycles. The average Bonchev–Trinajstić information content (AvgIpc) is 3.15. The van der Waals surface area contributed by atoms with Gasteiger partial charge in [0, 0.05) is 22.5 Å². The number of nitrogens with one attached hydrogen (secondary N) is 1. The van der Waals surface area contributed by atoms with Crippen molar-refractivity contribution < 1.29 is 9.21 Å². The SMILES string of the molecule is Cc1oc(-n2c(C)cc(C=NNC(=O)Cc3ccc(C(C)(C)C)cc3)c2C)c(C#N)c1C. The zero-order valence-electron chi connectivity index (χ0n) is 19.8. The fourth-order valence-electron chi connectivity index (χ4n) is 3.65. The lowest BCUT2D eigenvalue weighted by Crippen LogP contribution is -2.20. The van der Waals surface area contributed by atoms with Crippen LogP contribution in [0, 0.1) is 39.0 Å². The summed E-state index contributed by atoms with van der Waals surface area (Å²) < 4.78 is 7.76. The molecule has 0 spiro atoms. The van der Waals surface area contributed by atoms with E-state index in [9.17, 15) is 10.1 Å². The van der Waals surface area contributed by atoms with Crippen molar-refractivity contribution in [2.75, 3.05) is 0 Å². The lowest BCUT2D eigenvalue weighted by atomic mass is 9.86. The standard InChI is InChI=1S/C26H30N4O2/c1-16-12-21(18(3)30(16)25-23(14-27)17(2)19(4)32-25)15-28-29-24(31)13-20-8-10-22(11-9-20)26(5,6)7/h8-12,15H,13H2,1-7H3,(H,29,31). The summed E-state index contributed by atoms with van der Waals surface area (Å²) in [4.78, 5) is 12.3. The van der Waals surface area contributed by atoms with Gasteiger partial charge in [0.05, 0.1) is 12.6 Å². The molecule has 2 heterocycles. The highest BCUT2D eigenvalue weighted by Crippen LogP contribution is 2.28. The average molecular weight is 431 g/mol. The molecular weight excluding hydrogens is 400 g/mol. The molecule has 0 aliphatic rings. The van der Waals surface area contributed by atoms with Crippen molar-refractivity contribution >= 4 is 12.1 Å². The van der Waals surface area contributed by atoms with E-state index < -0.39 is 0 Å². The molecule has 3 aromatic rings. The maximum atomic E-state index is 12.3. The van der Waals surface area contributed by atoms with Gasteiger partial charge in [0.2, 0.25) is 11.8 Å². The molecule has 6 nitrogen and oxygen atoms in total. The van der Waals surface area contributed by atoms with Gasteiger partial charge >= 0.3 is 0 Å². The number of nitriles is 1. The molecule has 0 radical (unpaired) electrons. The maximum Gasteiger partial charge on any atom is 0.244 e. The lowest BCUT2D eigenvalue weighted by molar-refractivity contribution is -0.120. The van der Waals surface area contributed by atoms with E-state index in [1.165, 1.54) is 5.56 Å². The Morgan fingerprint density at radius 1 is 1.19 bits per heavy atom. The Morgan fingerprint density at radius 3 is 2.44 bits per heavy atom. The van der Waals surface area contributed by atoms with Crippen LogP contribution in [0.2, 0.25) is 0 Å². The van der Waals surface area contributed by atoms with E-state index in [0.29, 0.717) is 11.4 Å². The van der Waals surface area contributed by atoms with Crippen LogP contribution in [-0.4, -0.2) is 16.7 Å². The number of hydrogen-bond donors (Lipinski definition) is 1. The number of nitrogens with zero attached hydrogens (tertiary/aromatic N) is 3. The summed E-state index contributed by atoms with van der Waals surface area (Å²) in [5.74, 6) is 1.06. The molecular formula is C26H30N4O2. The van der Waals surface area contributed by atoms with Crippen molar-refractivity contribution in [2.24, 2.45) is 5.10 Å². The van der Waals surface area contributed by atoms with Crippen molar-refractivity contribution in [2.45, 2.75) is 60.3 Å². The first-order valence-corrected chi connectivity index (χ1v) is 10.6. The summed E-state index contributed by atoms with van der Waals surface area (Å²) in [6.07, 6.45) is 1.88. The van der Waals surface area contributed by atoms with Gasteiger partial charge in [-0.15, -0.1) is 0 Å². The molecule has 0 bridgehead atoms. The Kier molecular flexibility index (Phi) is 6.40. The number of aromatic nitrogens is 1. The fourth-order valence-corrected chi connectivity index (χ4v) is 3.65. The molecule has 0 aliphatic heterocycles. The topological polar surface area (TPSA) is 83.3 Å². The first kappa shape index (κ1) is 23.1. The largest absolute Gasteiger partial charge is 0.443 e. The van der Waals surface area contributed by atoms with Crippen LogP contribution in [0.15, 0.2) is 39.9 Å². The third kappa shape index (κ3) is 4.67. The Labute approximate surface area is 189 Å². The van der Waals surface area contributed by atoms with E-state index in [1.807, 2.05) is 50.5 Å². The zero-order chi connectivity index (χ0) is 23.6. The lowest BCUT2D eigenvalue weighted by Gasteiger charge is -2.19. The van der Waals surface area contributed by atoms with Crippen molar-refractivity contribution in [1.82, 2.24) is 9.99 Å². The van der Waals surface area contributed by atoms with E-state index in [4.69, 9.17) is 4.42 Å². The molecule has 2 aromatic heterocycles. The Balaban J connectivity index is 1.72. The maximum absolute atomic E-state index is 12.3. The van der Waals surface area contributed by atoms with Gasteiger partial charge < -0.3 is 4.42 Å². The van der Waals surface area contributed by atoms with Gasteiger partial charge in [0.25, 0.3) is 0 Å². The van der Waals surface area contributed by atoms with Gasteiger partial charge in [-0.3, -0.25) is 9.36 Å². The monoisotopic (exact) mass is 430 g/mol. The predicted octanol–water partition coefficient (Wildman–Crippen LogP) is 5.17. The third-order valence-electron chi connectivity index (χ3n) is 5.73. The normalized spacial score (nSPS) is 11.7. The number of aryl methyl sites for hydroxylation is 2. The molecule has 166 valence electrons. The summed E-state index contributed by atoms with van der Waals surface area (Å²) in [5, 5.41) is 13.7. The fraction of sp³-hybridized carbons (Fsp3) is 0.346. The number of rotatable bonds is 5. The number of carbonyl (C=O) groups is 1. The molecule has 0 unspecified atom stereocenters. The Morgan fingerprint density at radius 2 is 1.84 bits per heavy atom.